The van der Waals surface area contributed by atoms with E-state index in [2.05, 4.69) is 16.5 Å². The highest BCUT2D eigenvalue weighted by Crippen LogP contribution is 2.26. The summed E-state index contributed by atoms with van der Waals surface area (Å²) < 4.78 is 5.45. The molecule has 2 heterocycles. The van der Waals surface area contributed by atoms with Crippen molar-refractivity contribution >= 4 is 11.3 Å². The Morgan fingerprint density at radius 2 is 2.57 bits per heavy atom. The van der Waals surface area contributed by atoms with Gasteiger partial charge in [-0.3, -0.25) is 5.84 Å². The van der Waals surface area contributed by atoms with Crippen molar-refractivity contribution in [1.29, 1.82) is 0 Å². The van der Waals surface area contributed by atoms with Crippen LogP contribution < -0.4 is 11.3 Å². The van der Waals surface area contributed by atoms with E-state index in [1.54, 1.807) is 11.3 Å². The van der Waals surface area contributed by atoms with Gasteiger partial charge in [-0.25, -0.2) is 10.4 Å². The van der Waals surface area contributed by atoms with Crippen molar-refractivity contribution in [2.24, 2.45) is 5.84 Å². The van der Waals surface area contributed by atoms with E-state index < -0.39 is 0 Å². The van der Waals surface area contributed by atoms with Crippen LogP contribution in [0.5, 0.6) is 0 Å². The molecule has 1 aromatic heterocycles. The number of rotatable bonds is 3. The van der Waals surface area contributed by atoms with Crippen LogP contribution in [-0.4, -0.2) is 11.6 Å². The van der Waals surface area contributed by atoms with E-state index in [1.807, 2.05) is 12.3 Å². The van der Waals surface area contributed by atoms with Crippen molar-refractivity contribution in [2.45, 2.75) is 19.4 Å². The molecule has 0 saturated heterocycles. The molecule has 76 valence electrons. The lowest BCUT2D eigenvalue weighted by atomic mass is 10.2. The third-order valence-electron chi connectivity index (χ3n) is 2.12. The SMILES string of the molecule is Cc1nc(C(NN)C2=CCCO2)cs1. The number of thiazole rings is 1. The van der Waals surface area contributed by atoms with Gasteiger partial charge in [-0.05, 0) is 13.0 Å². The molecule has 1 atom stereocenters. The van der Waals surface area contributed by atoms with E-state index in [0.29, 0.717) is 0 Å². The number of hydrazine groups is 1. The predicted molar refractivity (Wildman–Crippen MR) is 55.6 cm³/mol. The fraction of sp³-hybridized carbons (Fsp3) is 0.444. The summed E-state index contributed by atoms with van der Waals surface area (Å²) in [6, 6.07) is -0.0950. The Labute approximate surface area is 86.8 Å². The summed E-state index contributed by atoms with van der Waals surface area (Å²) in [5.41, 5.74) is 3.66. The van der Waals surface area contributed by atoms with Crippen LogP contribution in [0.3, 0.4) is 0 Å². The Morgan fingerprint density at radius 1 is 1.71 bits per heavy atom. The lowest BCUT2D eigenvalue weighted by Crippen LogP contribution is -2.29. The first-order valence-corrected chi connectivity index (χ1v) is 5.40. The molecule has 1 aliphatic heterocycles. The van der Waals surface area contributed by atoms with Crippen LogP contribution in [0, 0.1) is 6.92 Å². The van der Waals surface area contributed by atoms with Crippen LogP contribution in [0.2, 0.25) is 0 Å². The van der Waals surface area contributed by atoms with Gasteiger partial charge in [0.15, 0.2) is 0 Å². The maximum Gasteiger partial charge on any atom is 0.121 e. The van der Waals surface area contributed by atoms with Gasteiger partial charge in [-0.1, -0.05) is 0 Å². The second-order valence-electron chi connectivity index (χ2n) is 3.13. The number of nitrogens with two attached hydrogens (primary N) is 1. The summed E-state index contributed by atoms with van der Waals surface area (Å²) in [6.07, 6.45) is 3.01. The van der Waals surface area contributed by atoms with E-state index in [4.69, 9.17) is 10.6 Å². The normalized spacial score (nSPS) is 17.7. The van der Waals surface area contributed by atoms with Crippen LogP contribution in [0.4, 0.5) is 0 Å². The molecule has 0 amide bonds. The summed E-state index contributed by atoms with van der Waals surface area (Å²) in [4.78, 5) is 4.38. The Balaban J connectivity index is 2.20. The third-order valence-corrected chi connectivity index (χ3v) is 2.91. The summed E-state index contributed by atoms with van der Waals surface area (Å²) in [6.45, 7) is 2.72. The fourth-order valence-electron chi connectivity index (χ4n) is 1.46. The Bertz CT molecular complexity index is 348. The minimum absolute atomic E-state index is 0.0950. The standard InChI is InChI=1S/C9H13N3OS/c1-6-11-7(5-14-6)9(12-10)8-3-2-4-13-8/h3,5,9,12H,2,4,10H2,1H3. The molecule has 5 heteroatoms. The van der Waals surface area contributed by atoms with Gasteiger partial charge in [0.2, 0.25) is 0 Å². The van der Waals surface area contributed by atoms with Crippen molar-refractivity contribution in [2.75, 3.05) is 6.61 Å². The van der Waals surface area contributed by atoms with Crippen molar-refractivity contribution < 1.29 is 4.74 Å². The lowest BCUT2D eigenvalue weighted by Gasteiger charge is -2.14. The summed E-state index contributed by atoms with van der Waals surface area (Å²) in [5.74, 6) is 6.37. The zero-order valence-corrected chi connectivity index (χ0v) is 8.80. The highest BCUT2D eigenvalue weighted by atomic mass is 32.1. The van der Waals surface area contributed by atoms with Crippen molar-refractivity contribution in [3.05, 3.63) is 27.9 Å². The largest absolute Gasteiger partial charge is 0.496 e. The highest BCUT2D eigenvalue weighted by molar-refractivity contribution is 7.09. The minimum atomic E-state index is -0.0950. The summed E-state index contributed by atoms with van der Waals surface area (Å²) in [5, 5.41) is 3.04. The average molecular weight is 211 g/mol. The lowest BCUT2D eigenvalue weighted by molar-refractivity contribution is 0.214. The number of hydrogen-bond donors (Lipinski definition) is 2. The second-order valence-corrected chi connectivity index (χ2v) is 4.20. The number of aromatic nitrogens is 1. The van der Waals surface area contributed by atoms with Crippen LogP contribution in [0.15, 0.2) is 17.2 Å². The van der Waals surface area contributed by atoms with Gasteiger partial charge in [0, 0.05) is 11.8 Å². The Morgan fingerprint density at radius 3 is 3.07 bits per heavy atom. The van der Waals surface area contributed by atoms with Gasteiger partial charge < -0.3 is 4.74 Å². The predicted octanol–water partition coefficient (Wildman–Crippen LogP) is 1.26. The number of nitrogens with one attached hydrogen (secondary N) is 1. The molecule has 0 fully saturated rings. The van der Waals surface area contributed by atoms with Gasteiger partial charge >= 0.3 is 0 Å². The van der Waals surface area contributed by atoms with E-state index >= 15 is 0 Å². The molecule has 0 bridgehead atoms. The maximum absolute atomic E-state index is 5.49. The van der Waals surface area contributed by atoms with E-state index in [1.165, 1.54) is 0 Å². The molecule has 4 nitrogen and oxygen atoms in total. The number of aryl methyl sites for hydroxylation is 1. The molecule has 0 aliphatic carbocycles. The quantitative estimate of drug-likeness (QED) is 0.583. The molecule has 0 saturated carbocycles. The first kappa shape index (κ1) is 9.64. The van der Waals surface area contributed by atoms with Gasteiger partial charge in [-0.2, -0.15) is 0 Å². The molecule has 3 N–H and O–H groups in total. The second kappa shape index (κ2) is 4.08. The maximum atomic E-state index is 5.49. The first-order chi connectivity index (χ1) is 6.81. The summed E-state index contributed by atoms with van der Waals surface area (Å²) >= 11 is 1.62. The number of ether oxygens (including phenoxy) is 1. The van der Waals surface area contributed by atoms with Crippen LogP contribution in [0.1, 0.15) is 23.2 Å². The van der Waals surface area contributed by atoms with Crippen LogP contribution in [0.25, 0.3) is 0 Å². The van der Waals surface area contributed by atoms with E-state index in [0.717, 1.165) is 29.5 Å². The van der Waals surface area contributed by atoms with E-state index in [9.17, 15) is 0 Å². The molecular weight excluding hydrogens is 198 g/mol. The van der Waals surface area contributed by atoms with E-state index in [-0.39, 0.29) is 6.04 Å². The molecule has 0 radical (unpaired) electrons. The van der Waals surface area contributed by atoms with Gasteiger partial charge in [0.25, 0.3) is 0 Å². The van der Waals surface area contributed by atoms with Crippen molar-refractivity contribution in [3.8, 4) is 0 Å². The first-order valence-electron chi connectivity index (χ1n) is 4.52. The fourth-order valence-corrected chi connectivity index (χ4v) is 2.10. The van der Waals surface area contributed by atoms with Crippen LogP contribution >= 0.6 is 11.3 Å². The number of nitrogens with zero attached hydrogens (tertiary/aromatic N) is 1. The van der Waals surface area contributed by atoms with Crippen molar-refractivity contribution in [1.82, 2.24) is 10.4 Å². The monoisotopic (exact) mass is 211 g/mol. The molecule has 1 aromatic rings. The molecule has 1 aliphatic rings. The highest BCUT2D eigenvalue weighted by Gasteiger charge is 2.21. The van der Waals surface area contributed by atoms with Gasteiger partial charge in [0.05, 0.1) is 17.3 Å². The summed E-state index contributed by atoms with van der Waals surface area (Å²) in [7, 11) is 0. The number of hydrogen-bond acceptors (Lipinski definition) is 5. The zero-order chi connectivity index (χ0) is 9.97. The molecule has 0 spiro atoms. The third kappa shape index (κ3) is 1.79. The zero-order valence-electron chi connectivity index (χ0n) is 7.99. The molecule has 0 aromatic carbocycles. The minimum Gasteiger partial charge on any atom is -0.496 e. The Hall–Kier alpha value is -0.910. The smallest absolute Gasteiger partial charge is 0.121 e. The Kier molecular flexibility index (Phi) is 2.81. The van der Waals surface area contributed by atoms with Gasteiger partial charge in [0.1, 0.15) is 11.8 Å². The van der Waals surface area contributed by atoms with Gasteiger partial charge in [-0.15, -0.1) is 11.3 Å². The molecule has 14 heavy (non-hydrogen) atoms. The molecular formula is C9H13N3OS. The van der Waals surface area contributed by atoms with Crippen molar-refractivity contribution in [3.63, 3.8) is 0 Å². The molecule has 2 rings (SSSR count). The topological polar surface area (TPSA) is 60.2 Å². The average Bonchev–Trinajstić information content (AvgIpc) is 2.79. The molecule has 1 unspecified atom stereocenters. The van der Waals surface area contributed by atoms with Crippen LogP contribution in [-0.2, 0) is 4.74 Å².